The van der Waals surface area contributed by atoms with E-state index in [0.717, 1.165) is 0 Å². The van der Waals surface area contributed by atoms with E-state index in [4.69, 9.17) is 10.5 Å². The molecule has 3 N–H and O–H groups in total. The van der Waals surface area contributed by atoms with Crippen molar-refractivity contribution < 1.29 is 14.3 Å². The smallest absolute Gasteiger partial charge is 0.257 e. The van der Waals surface area contributed by atoms with Gasteiger partial charge in [-0.2, -0.15) is 0 Å². The lowest BCUT2D eigenvalue weighted by Crippen LogP contribution is -2.44. The predicted molar refractivity (Wildman–Crippen MR) is 73.0 cm³/mol. The quantitative estimate of drug-likeness (QED) is 0.776. The summed E-state index contributed by atoms with van der Waals surface area (Å²) in [5, 5.41) is 2.60. The number of benzene rings is 1. The average molecular weight is 265 g/mol. The summed E-state index contributed by atoms with van der Waals surface area (Å²) >= 11 is 0. The number of anilines is 1. The monoisotopic (exact) mass is 265 g/mol. The van der Waals surface area contributed by atoms with Gasteiger partial charge in [-0.05, 0) is 19.1 Å². The number of carbonyl (C=O) groups excluding carboxylic acids is 2. The normalized spacial score (nSPS) is 11.6. The number of nitrogen functional groups attached to an aromatic ring is 1. The fourth-order valence-corrected chi connectivity index (χ4v) is 1.68. The second kappa shape index (κ2) is 6.08. The lowest BCUT2D eigenvalue weighted by atomic mass is 10.1. The summed E-state index contributed by atoms with van der Waals surface area (Å²) in [5.74, 6) is -0.249. The van der Waals surface area contributed by atoms with Gasteiger partial charge < -0.3 is 20.7 Å². The Hall–Kier alpha value is -2.24. The zero-order valence-corrected chi connectivity index (χ0v) is 11.6. The number of hydrogen-bond acceptors (Lipinski definition) is 4. The van der Waals surface area contributed by atoms with Gasteiger partial charge in [0.05, 0.1) is 7.11 Å². The molecule has 0 heterocycles. The summed E-state index contributed by atoms with van der Waals surface area (Å²) in [4.78, 5) is 25.3. The number of nitrogens with two attached hydrogens (primary N) is 1. The summed E-state index contributed by atoms with van der Waals surface area (Å²) in [6.45, 7) is 1.62. The standard InChI is InChI=1S/C13H19N3O3/c1-8(13(18)16(2)3)15-12(17)11-9(14)6-5-7-10(11)19-4/h5-8H,14H2,1-4H3,(H,15,17). The summed E-state index contributed by atoms with van der Waals surface area (Å²) in [6.07, 6.45) is 0. The van der Waals surface area contributed by atoms with Crippen molar-refractivity contribution in [2.45, 2.75) is 13.0 Å². The van der Waals surface area contributed by atoms with Gasteiger partial charge in [0.25, 0.3) is 5.91 Å². The predicted octanol–water partition coefficient (Wildman–Crippen LogP) is 0.484. The van der Waals surface area contributed by atoms with Gasteiger partial charge in [-0.15, -0.1) is 0 Å². The molecule has 0 fully saturated rings. The maximum Gasteiger partial charge on any atom is 0.257 e. The van der Waals surface area contributed by atoms with Gasteiger partial charge in [0.1, 0.15) is 17.4 Å². The van der Waals surface area contributed by atoms with Crippen molar-refractivity contribution in [1.29, 1.82) is 0 Å². The molecule has 0 saturated heterocycles. The summed E-state index contributed by atoms with van der Waals surface area (Å²) in [6, 6.07) is 4.31. The highest BCUT2D eigenvalue weighted by molar-refractivity contribution is 6.03. The van der Waals surface area contributed by atoms with Crippen LogP contribution < -0.4 is 15.8 Å². The third kappa shape index (κ3) is 3.37. The maximum atomic E-state index is 12.1. The van der Waals surface area contributed by atoms with Gasteiger partial charge in [0.2, 0.25) is 5.91 Å². The van der Waals surface area contributed by atoms with Crippen LogP contribution in [-0.4, -0.2) is 44.0 Å². The molecule has 0 radical (unpaired) electrons. The molecule has 1 rings (SSSR count). The van der Waals surface area contributed by atoms with Crippen molar-refractivity contribution in [1.82, 2.24) is 10.2 Å². The van der Waals surface area contributed by atoms with E-state index in [1.807, 2.05) is 0 Å². The molecule has 104 valence electrons. The number of nitrogens with one attached hydrogen (secondary N) is 1. The Bertz CT molecular complexity index is 486. The molecule has 0 aliphatic heterocycles. The van der Waals surface area contributed by atoms with E-state index in [-0.39, 0.29) is 11.5 Å². The summed E-state index contributed by atoms with van der Waals surface area (Å²) < 4.78 is 5.10. The molecule has 0 aliphatic rings. The molecule has 6 heteroatoms. The minimum atomic E-state index is -0.633. The third-order valence-electron chi connectivity index (χ3n) is 2.66. The van der Waals surface area contributed by atoms with Crippen molar-refractivity contribution >= 4 is 17.5 Å². The van der Waals surface area contributed by atoms with Crippen LogP contribution in [0.3, 0.4) is 0 Å². The number of nitrogens with zero attached hydrogens (tertiary/aromatic N) is 1. The highest BCUT2D eigenvalue weighted by Crippen LogP contribution is 2.23. The summed E-state index contributed by atoms with van der Waals surface area (Å²) in [5.41, 5.74) is 6.32. The number of amides is 2. The zero-order valence-electron chi connectivity index (χ0n) is 11.6. The molecule has 6 nitrogen and oxygen atoms in total. The number of methoxy groups -OCH3 is 1. The second-order valence-electron chi connectivity index (χ2n) is 4.35. The Kier molecular flexibility index (Phi) is 4.74. The molecular weight excluding hydrogens is 246 g/mol. The molecule has 2 amide bonds. The van der Waals surface area contributed by atoms with Crippen molar-refractivity contribution in [3.8, 4) is 5.75 Å². The van der Waals surface area contributed by atoms with Gasteiger partial charge in [-0.25, -0.2) is 0 Å². The minimum absolute atomic E-state index is 0.193. The van der Waals surface area contributed by atoms with Crippen LogP contribution in [-0.2, 0) is 4.79 Å². The molecule has 0 saturated carbocycles. The van der Waals surface area contributed by atoms with Crippen LogP contribution in [0.1, 0.15) is 17.3 Å². The van der Waals surface area contributed by atoms with E-state index in [2.05, 4.69) is 5.32 Å². The average Bonchev–Trinajstić information content (AvgIpc) is 2.36. The number of hydrogen-bond donors (Lipinski definition) is 2. The van der Waals surface area contributed by atoms with Crippen LogP contribution in [0.2, 0.25) is 0 Å². The lowest BCUT2D eigenvalue weighted by Gasteiger charge is -2.19. The highest BCUT2D eigenvalue weighted by atomic mass is 16.5. The van der Waals surface area contributed by atoms with Crippen LogP contribution in [0, 0.1) is 0 Å². The van der Waals surface area contributed by atoms with E-state index in [9.17, 15) is 9.59 Å². The fourth-order valence-electron chi connectivity index (χ4n) is 1.68. The first-order valence-electron chi connectivity index (χ1n) is 5.83. The first kappa shape index (κ1) is 14.8. The second-order valence-corrected chi connectivity index (χ2v) is 4.35. The molecule has 19 heavy (non-hydrogen) atoms. The number of rotatable bonds is 4. The van der Waals surface area contributed by atoms with Crippen molar-refractivity contribution in [2.75, 3.05) is 26.9 Å². The van der Waals surface area contributed by atoms with Crippen LogP contribution in [0.5, 0.6) is 5.75 Å². The Morgan fingerprint density at radius 3 is 2.53 bits per heavy atom. The Balaban J connectivity index is 2.93. The van der Waals surface area contributed by atoms with Crippen LogP contribution >= 0.6 is 0 Å². The maximum absolute atomic E-state index is 12.1. The molecule has 1 aromatic carbocycles. The zero-order chi connectivity index (χ0) is 14.6. The first-order valence-corrected chi connectivity index (χ1v) is 5.83. The molecule has 1 atom stereocenters. The van der Waals surface area contributed by atoms with Gasteiger partial charge >= 0.3 is 0 Å². The number of likely N-dealkylation sites (N-methyl/N-ethyl adjacent to an activating group) is 1. The van der Waals surface area contributed by atoms with Crippen molar-refractivity contribution in [3.63, 3.8) is 0 Å². The van der Waals surface area contributed by atoms with Gasteiger partial charge in [0, 0.05) is 19.8 Å². The lowest BCUT2D eigenvalue weighted by molar-refractivity contribution is -0.130. The van der Waals surface area contributed by atoms with Crippen LogP contribution in [0.15, 0.2) is 18.2 Å². The van der Waals surface area contributed by atoms with Gasteiger partial charge in [0.15, 0.2) is 0 Å². The molecular formula is C13H19N3O3. The van der Waals surface area contributed by atoms with E-state index in [0.29, 0.717) is 11.4 Å². The topological polar surface area (TPSA) is 84.7 Å². The molecule has 1 aromatic rings. The Morgan fingerprint density at radius 1 is 1.37 bits per heavy atom. The van der Waals surface area contributed by atoms with Gasteiger partial charge in [-0.3, -0.25) is 9.59 Å². The van der Waals surface area contributed by atoms with Crippen molar-refractivity contribution in [2.24, 2.45) is 0 Å². The minimum Gasteiger partial charge on any atom is -0.496 e. The van der Waals surface area contributed by atoms with E-state index < -0.39 is 11.9 Å². The number of ether oxygens (including phenoxy) is 1. The SMILES string of the molecule is COc1cccc(N)c1C(=O)NC(C)C(=O)N(C)C. The largest absolute Gasteiger partial charge is 0.496 e. The van der Waals surface area contributed by atoms with Gasteiger partial charge in [-0.1, -0.05) is 6.07 Å². The van der Waals surface area contributed by atoms with E-state index >= 15 is 0 Å². The Labute approximate surface area is 112 Å². The van der Waals surface area contributed by atoms with E-state index in [1.54, 1.807) is 39.2 Å². The molecule has 0 aromatic heterocycles. The van der Waals surface area contributed by atoms with Crippen LogP contribution in [0.4, 0.5) is 5.69 Å². The first-order chi connectivity index (χ1) is 8.88. The molecule has 1 unspecified atom stereocenters. The third-order valence-corrected chi connectivity index (χ3v) is 2.66. The Morgan fingerprint density at radius 2 is 2.00 bits per heavy atom. The number of carbonyl (C=O) groups is 2. The fraction of sp³-hybridized carbons (Fsp3) is 0.385. The van der Waals surface area contributed by atoms with E-state index in [1.165, 1.54) is 12.0 Å². The van der Waals surface area contributed by atoms with Crippen molar-refractivity contribution in [3.05, 3.63) is 23.8 Å². The summed E-state index contributed by atoms with van der Waals surface area (Å²) in [7, 11) is 4.71. The molecule has 0 aliphatic carbocycles. The molecule has 0 bridgehead atoms. The highest BCUT2D eigenvalue weighted by Gasteiger charge is 2.21. The van der Waals surface area contributed by atoms with Crippen LogP contribution in [0.25, 0.3) is 0 Å². The molecule has 0 spiro atoms.